The second-order valence-corrected chi connectivity index (χ2v) is 9.07. The van der Waals surface area contributed by atoms with Crippen molar-refractivity contribution in [3.8, 4) is 17.1 Å². The van der Waals surface area contributed by atoms with E-state index in [1.807, 2.05) is 30.0 Å². The van der Waals surface area contributed by atoms with Crippen LogP contribution in [0.1, 0.15) is 25.3 Å². The third-order valence-corrected chi connectivity index (χ3v) is 6.73. The molecule has 3 aromatic rings. The average molecular weight is 503 g/mol. The molecule has 1 unspecified atom stereocenters. The molecule has 1 aliphatic heterocycles. The van der Waals surface area contributed by atoms with E-state index in [0.717, 1.165) is 35.5 Å². The molecule has 1 aromatic heterocycles. The highest BCUT2D eigenvalue weighted by Gasteiger charge is 2.28. The summed E-state index contributed by atoms with van der Waals surface area (Å²) in [7, 11) is 1.65. The summed E-state index contributed by atoms with van der Waals surface area (Å²) in [5.74, 6) is 2.12. The Kier molecular flexibility index (Phi) is 7.54. The molecule has 34 heavy (non-hydrogen) atoms. The molecular formula is C25H28Cl2N4O3. The summed E-state index contributed by atoms with van der Waals surface area (Å²) in [6.07, 6.45) is 2.47. The first-order valence-electron chi connectivity index (χ1n) is 11.3. The van der Waals surface area contributed by atoms with Crippen molar-refractivity contribution in [3.63, 3.8) is 0 Å². The van der Waals surface area contributed by atoms with Gasteiger partial charge in [0, 0.05) is 50.4 Å². The molecule has 1 fully saturated rings. The summed E-state index contributed by atoms with van der Waals surface area (Å²) >= 11 is 12.0. The van der Waals surface area contributed by atoms with Gasteiger partial charge in [-0.2, -0.15) is 0 Å². The highest BCUT2D eigenvalue weighted by Crippen LogP contribution is 2.34. The number of aryl methyl sites for hydroxylation is 1. The number of benzene rings is 2. The predicted molar refractivity (Wildman–Crippen MR) is 135 cm³/mol. The average Bonchev–Trinajstić information content (AvgIpc) is 3.33. The van der Waals surface area contributed by atoms with Crippen LogP contribution in [0.3, 0.4) is 0 Å². The van der Waals surface area contributed by atoms with Crippen molar-refractivity contribution in [1.29, 1.82) is 0 Å². The van der Waals surface area contributed by atoms with E-state index in [1.54, 1.807) is 25.4 Å². The van der Waals surface area contributed by atoms with E-state index in [-0.39, 0.29) is 12.1 Å². The third kappa shape index (κ3) is 5.26. The number of oxazole rings is 1. The SMILES string of the molecule is CCc1ncc(-c2ccc(N3CCN(C(=O)NCc4ccc(Cl)c(Cl)c4)C(C)C3)cc2OC)o1. The second kappa shape index (κ2) is 10.6. The number of urea groups is 1. The Labute approximate surface area is 209 Å². The number of hydrogen-bond acceptors (Lipinski definition) is 5. The molecule has 1 aliphatic rings. The molecule has 0 aliphatic carbocycles. The van der Waals surface area contributed by atoms with Gasteiger partial charge in [0.2, 0.25) is 0 Å². The first-order chi connectivity index (χ1) is 16.4. The molecule has 1 atom stereocenters. The van der Waals surface area contributed by atoms with E-state index in [9.17, 15) is 4.79 Å². The number of amides is 2. The smallest absolute Gasteiger partial charge is 0.318 e. The monoisotopic (exact) mass is 502 g/mol. The predicted octanol–water partition coefficient (Wildman–Crippen LogP) is 5.64. The number of carbonyl (C=O) groups is 1. The lowest BCUT2D eigenvalue weighted by molar-refractivity contribution is 0.171. The molecule has 9 heteroatoms. The normalized spacial score (nSPS) is 16.0. The zero-order valence-corrected chi connectivity index (χ0v) is 21.0. The number of anilines is 1. The molecule has 1 N–H and O–H groups in total. The van der Waals surface area contributed by atoms with Gasteiger partial charge in [0.1, 0.15) is 5.75 Å². The van der Waals surface area contributed by atoms with Gasteiger partial charge in [0.05, 0.1) is 28.9 Å². The van der Waals surface area contributed by atoms with Gasteiger partial charge >= 0.3 is 6.03 Å². The lowest BCUT2D eigenvalue weighted by atomic mass is 10.1. The Balaban J connectivity index is 1.39. The molecule has 0 bridgehead atoms. The fourth-order valence-corrected chi connectivity index (χ4v) is 4.42. The van der Waals surface area contributed by atoms with Crippen LogP contribution in [0.4, 0.5) is 10.5 Å². The summed E-state index contributed by atoms with van der Waals surface area (Å²) < 4.78 is 11.4. The Hall–Kier alpha value is -2.90. The van der Waals surface area contributed by atoms with Gasteiger partial charge in [-0.05, 0) is 36.8 Å². The first kappa shape index (κ1) is 24.2. The summed E-state index contributed by atoms with van der Waals surface area (Å²) in [6, 6.07) is 11.4. The van der Waals surface area contributed by atoms with Crippen LogP contribution in [0, 0.1) is 0 Å². The van der Waals surface area contributed by atoms with Gasteiger partial charge in [-0.25, -0.2) is 9.78 Å². The van der Waals surface area contributed by atoms with Gasteiger partial charge in [0.25, 0.3) is 0 Å². The molecule has 7 nitrogen and oxygen atoms in total. The third-order valence-electron chi connectivity index (χ3n) is 5.99. The van der Waals surface area contributed by atoms with Gasteiger partial charge in [-0.1, -0.05) is 36.2 Å². The van der Waals surface area contributed by atoms with Crippen LogP contribution < -0.4 is 15.0 Å². The van der Waals surface area contributed by atoms with Crippen molar-refractivity contribution in [3.05, 3.63) is 64.1 Å². The number of methoxy groups -OCH3 is 1. The van der Waals surface area contributed by atoms with Gasteiger partial charge in [0.15, 0.2) is 11.7 Å². The summed E-state index contributed by atoms with van der Waals surface area (Å²) in [5.41, 5.74) is 2.81. The second-order valence-electron chi connectivity index (χ2n) is 8.25. The molecule has 0 radical (unpaired) electrons. The van der Waals surface area contributed by atoms with Gasteiger partial charge in [-0.15, -0.1) is 0 Å². The number of rotatable bonds is 6. The number of nitrogens with one attached hydrogen (secondary N) is 1. The van der Waals surface area contributed by atoms with Crippen molar-refractivity contribution >= 4 is 34.9 Å². The zero-order valence-electron chi connectivity index (χ0n) is 19.5. The molecule has 180 valence electrons. The minimum Gasteiger partial charge on any atom is -0.496 e. The largest absolute Gasteiger partial charge is 0.496 e. The van der Waals surface area contributed by atoms with Crippen molar-refractivity contribution in [2.24, 2.45) is 0 Å². The summed E-state index contributed by atoms with van der Waals surface area (Å²) in [4.78, 5) is 21.2. The number of ether oxygens (including phenoxy) is 1. The van der Waals surface area contributed by atoms with E-state index in [0.29, 0.717) is 41.3 Å². The number of piperazine rings is 1. The van der Waals surface area contributed by atoms with Crippen molar-refractivity contribution in [1.82, 2.24) is 15.2 Å². The fraction of sp³-hybridized carbons (Fsp3) is 0.360. The summed E-state index contributed by atoms with van der Waals surface area (Å²) in [6.45, 7) is 6.49. The van der Waals surface area contributed by atoms with E-state index in [2.05, 4.69) is 28.2 Å². The molecule has 0 saturated carbocycles. The van der Waals surface area contributed by atoms with Crippen molar-refractivity contribution < 1.29 is 13.9 Å². The van der Waals surface area contributed by atoms with E-state index < -0.39 is 0 Å². The lowest BCUT2D eigenvalue weighted by Gasteiger charge is -2.41. The maximum absolute atomic E-state index is 12.8. The Bertz CT molecular complexity index is 1170. The van der Waals surface area contributed by atoms with E-state index in [4.69, 9.17) is 32.4 Å². The quantitative estimate of drug-likeness (QED) is 0.472. The minimum atomic E-state index is -0.0943. The van der Waals surface area contributed by atoms with Crippen LogP contribution >= 0.6 is 23.2 Å². The van der Waals surface area contributed by atoms with Crippen LogP contribution in [0.2, 0.25) is 10.0 Å². The molecule has 2 heterocycles. The maximum Gasteiger partial charge on any atom is 0.318 e. The Morgan fingerprint density at radius 3 is 2.71 bits per heavy atom. The number of halogens is 2. The van der Waals surface area contributed by atoms with E-state index >= 15 is 0 Å². The highest BCUT2D eigenvalue weighted by atomic mass is 35.5. The molecule has 2 amide bonds. The Morgan fingerprint density at radius 2 is 2.03 bits per heavy atom. The molecule has 2 aromatic carbocycles. The minimum absolute atomic E-state index is 0.0367. The van der Waals surface area contributed by atoms with Crippen LogP contribution in [-0.4, -0.2) is 48.7 Å². The standard InChI is InChI=1S/C25H28Cl2N4O3/c1-4-24-28-14-23(34-24)19-7-6-18(12-22(19)33-3)30-9-10-31(16(2)15-30)25(32)29-13-17-5-8-20(26)21(27)11-17/h5-8,11-12,14,16H,4,9-10,13,15H2,1-3H3,(H,29,32). The molecule has 1 saturated heterocycles. The zero-order chi connectivity index (χ0) is 24.2. The number of aromatic nitrogens is 1. The topological polar surface area (TPSA) is 70.8 Å². The molecule has 4 rings (SSSR count). The number of hydrogen-bond donors (Lipinski definition) is 1. The fourth-order valence-electron chi connectivity index (χ4n) is 4.10. The van der Waals surface area contributed by atoms with E-state index in [1.165, 1.54) is 0 Å². The summed E-state index contributed by atoms with van der Waals surface area (Å²) in [5, 5.41) is 3.96. The van der Waals surface area contributed by atoms with Crippen LogP contribution in [0.15, 0.2) is 47.0 Å². The van der Waals surface area contributed by atoms with Crippen molar-refractivity contribution in [2.75, 3.05) is 31.6 Å². The molecular weight excluding hydrogens is 475 g/mol. The number of carbonyl (C=O) groups excluding carboxylic acids is 1. The lowest BCUT2D eigenvalue weighted by Crippen LogP contribution is -2.56. The number of nitrogens with zero attached hydrogens (tertiary/aromatic N) is 3. The van der Waals surface area contributed by atoms with Crippen LogP contribution in [0.5, 0.6) is 5.75 Å². The maximum atomic E-state index is 12.8. The van der Waals surface area contributed by atoms with Gasteiger partial charge in [-0.3, -0.25) is 0 Å². The van der Waals surface area contributed by atoms with Gasteiger partial charge < -0.3 is 24.3 Å². The highest BCUT2D eigenvalue weighted by molar-refractivity contribution is 6.42. The van der Waals surface area contributed by atoms with Crippen molar-refractivity contribution in [2.45, 2.75) is 32.9 Å². The van der Waals surface area contributed by atoms with Crippen LogP contribution in [-0.2, 0) is 13.0 Å². The van der Waals surface area contributed by atoms with Crippen LogP contribution in [0.25, 0.3) is 11.3 Å². The molecule has 0 spiro atoms. The first-order valence-corrected chi connectivity index (χ1v) is 12.0. The Morgan fingerprint density at radius 1 is 1.21 bits per heavy atom.